The molecule has 0 bridgehead atoms. The van der Waals surface area contributed by atoms with E-state index in [2.05, 4.69) is 15.3 Å². The van der Waals surface area contributed by atoms with Crippen LogP contribution < -0.4 is 10.1 Å². The van der Waals surface area contributed by atoms with E-state index in [0.29, 0.717) is 42.4 Å². The Morgan fingerprint density at radius 2 is 2.05 bits per heavy atom. The Morgan fingerprint density at radius 3 is 2.76 bits per heavy atom. The van der Waals surface area contributed by atoms with E-state index in [4.69, 9.17) is 21.1 Å². The number of aromatic nitrogens is 2. The van der Waals surface area contributed by atoms with Crippen LogP contribution in [0.15, 0.2) is 30.3 Å². The summed E-state index contributed by atoms with van der Waals surface area (Å²) < 4.78 is 11.0. The zero-order valence-corrected chi connectivity index (χ0v) is 12.9. The van der Waals surface area contributed by atoms with Gasteiger partial charge in [-0.3, -0.25) is 0 Å². The SMILES string of the molecule is CCOCc1nc(NC)cc(OCc2cccc(Cl)c2)n1. The second kappa shape index (κ2) is 7.81. The van der Waals surface area contributed by atoms with Gasteiger partial charge in [-0.2, -0.15) is 4.98 Å². The van der Waals surface area contributed by atoms with Gasteiger partial charge in [-0.1, -0.05) is 23.7 Å². The van der Waals surface area contributed by atoms with E-state index in [1.807, 2.05) is 31.2 Å². The van der Waals surface area contributed by atoms with Crippen molar-refractivity contribution in [3.05, 3.63) is 46.7 Å². The van der Waals surface area contributed by atoms with Crippen LogP contribution in [0.25, 0.3) is 0 Å². The zero-order chi connectivity index (χ0) is 15.1. The van der Waals surface area contributed by atoms with Gasteiger partial charge in [0.1, 0.15) is 19.0 Å². The maximum atomic E-state index is 5.95. The Hall–Kier alpha value is -1.85. The predicted molar refractivity (Wildman–Crippen MR) is 82.7 cm³/mol. The van der Waals surface area contributed by atoms with Crippen molar-refractivity contribution in [2.24, 2.45) is 0 Å². The third-order valence-corrected chi connectivity index (χ3v) is 2.95. The van der Waals surface area contributed by atoms with Crippen LogP contribution in [0, 0.1) is 0 Å². The first-order chi connectivity index (χ1) is 10.2. The molecule has 1 heterocycles. The molecule has 0 aliphatic heterocycles. The van der Waals surface area contributed by atoms with E-state index < -0.39 is 0 Å². The molecule has 21 heavy (non-hydrogen) atoms. The molecule has 0 unspecified atom stereocenters. The normalized spacial score (nSPS) is 10.4. The van der Waals surface area contributed by atoms with Gasteiger partial charge in [-0.25, -0.2) is 4.98 Å². The quantitative estimate of drug-likeness (QED) is 0.850. The molecule has 0 radical (unpaired) electrons. The van der Waals surface area contributed by atoms with E-state index in [9.17, 15) is 0 Å². The molecule has 0 amide bonds. The molecule has 0 aliphatic rings. The number of nitrogens with one attached hydrogen (secondary N) is 1. The van der Waals surface area contributed by atoms with Crippen LogP contribution >= 0.6 is 11.6 Å². The number of halogens is 1. The Morgan fingerprint density at radius 1 is 1.19 bits per heavy atom. The molecule has 6 heteroatoms. The van der Waals surface area contributed by atoms with Gasteiger partial charge >= 0.3 is 0 Å². The molecule has 1 aromatic carbocycles. The lowest BCUT2D eigenvalue weighted by atomic mass is 10.2. The van der Waals surface area contributed by atoms with Crippen LogP contribution in [0.1, 0.15) is 18.3 Å². The lowest BCUT2D eigenvalue weighted by Gasteiger charge is -2.09. The van der Waals surface area contributed by atoms with E-state index in [-0.39, 0.29) is 0 Å². The summed E-state index contributed by atoms with van der Waals surface area (Å²) in [6.07, 6.45) is 0. The summed E-state index contributed by atoms with van der Waals surface area (Å²) in [5.74, 6) is 1.79. The van der Waals surface area contributed by atoms with Crippen molar-refractivity contribution in [3.63, 3.8) is 0 Å². The number of rotatable bonds is 7. The predicted octanol–water partition coefficient (Wildman–Crippen LogP) is 3.29. The van der Waals surface area contributed by atoms with E-state index in [0.717, 1.165) is 5.56 Å². The highest BCUT2D eigenvalue weighted by molar-refractivity contribution is 6.30. The highest BCUT2D eigenvalue weighted by Gasteiger charge is 2.06. The Labute approximate surface area is 129 Å². The zero-order valence-electron chi connectivity index (χ0n) is 12.1. The summed E-state index contributed by atoms with van der Waals surface area (Å²) in [5, 5.41) is 3.67. The van der Waals surface area contributed by atoms with Crippen molar-refractivity contribution in [1.82, 2.24) is 9.97 Å². The minimum atomic E-state index is 0.361. The lowest BCUT2D eigenvalue weighted by molar-refractivity contribution is 0.127. The molecule has 1 N–H and O–H groups in total. The van der Waals surface area contributed by atoms with Crippen molar-refractivity contribution < 1.29 is 9.47 Å². The third-order valence-electron chi connectivity index (χ3n) is 2.72. The number of nitrogens with zero attached hydrogens (tertiary/aromatic N) is 2. The van der Waals surface area contributed by atoms with Gasteiger partial charge in [0.2, 0.25) is 5.88 Å². The van der Waals surface area contributed by atoms with Crippen molar-refractivity contribution in [1.29, 1.82) is 0 Å². The van der Waals surface area contributed by atoms with Crippen LogP contribution in [0.4, 0.5) is 5.82 Å². The molecule has 0 spiro atoms. The highest BCUT2D eigenvalue weighted by Crippen LogP contribution is 2.17. The molecule has 112 valence electrons. The largest absolute Gasteiger partial charge is 0.473 e. The lowest BCUT2D eigenvalue weighted by Crippen LogP contribution is -2.05. The molecule has 2 rings (SSSR count). The Bertz CT molecular complexity index is 593. The van der Waals surface area contributed by atoms with Gasteiger partial charge in [0.25, 0.3) is 0 Å². The second-order valence-corrected chi connectivity index (χ2v) is 4.75. The van der Waals surface area contributed by atoms with E-state index >= 15 is 0 Å². The molecule has 5 nitrogen and oxygen atoms in total. The number of anilines is 1. The summed E-state index contributed by atoms with van der Waals surface area (Å²) in [6, 6.07) is 9.28. The van der Waals surface area contributed by atoms with E-state index in [1.165, 1.54) is 0 Å². The molecule has 2 aromatic rings. The van der Waals surface area contributed by atoms with Gasteiger partial charge < -0.3 is 14.8 Å². The minimum absolute atomic E-state index is 0.361. The van der Waals surface area contributed by atoms with Gasteiger partial charge in [0, 0.05) is 24.7 Å². The molecular weight excluding hydrogens is 290 g/mol. The monoisotopic (exact) mass is 307 g/mol. The topological polar surface area (TPSA) is 56.3 Å². The minimum Gasteiger partial charge on any atom is -0.473 e. The first-order valence-corrected chi connectivity index (χ1v) is 7.09. The summed E-state index contributed by atoms with van der Waals surface area (Å²) in [4.78, 5) is 8.64. The van der Waals surface area contributed by atoms with Crippen LogP contribution in [0.3, 0.4) is 0 Å². The van der Waals surface area contributed by atoms with Gasteiger partial charge in [-0.15, -0.1) is 0 Å². The molecule has 0 saturated heterocycles. The number of hydrogen-bond donors (Lipinski definition) is 1. The Kier molecular flexibility index (Phi) is 5.78. The smallest absolute Gasteiger partial charge is 0.219 e. The third kappa shape index (κ3) is 4.88. The number of ether oxygens (including phenoxy) is 2. The first-order valence-electron chi connectivity index (χ1n) is 6.72. The fourth-order valence-corrected chi connectivity index (χ4v) is 1.93. The standard InChI is InChI=1S/C15H18ClN3O2/c1-3-20-10-14-18-13(17-2)8-15(19-14)21-9-11-5-4-6-12(16)7-11/h4-8H,3,9-10H2,1-2H3,(H,17,18,19). The average Bonchev–Trinajstić information content (AvgIpc) is 2.51. The first kappa shape index (κ1) is 15.5. The molecule has 1 aromatic heterocycles. The molecule has 0 aliphatic carbocycles. The van der Waals surface area contributed by atoms with Crippen LogP contribution in [0.5, 0.6) is 5.88 Å². The fourth-order valence-electron chi connectivity index (χ4n) is 1.72. The molecule has 0 saturated carbocycles. The summed E-state index contributed by atoms with van der Waals surface area (Å²) >= 11 is 5.95. The average molecular weight is 308 g/mol. The molecule has 0 fully saturated rings. The van der Waals surface area contributed by atoms with Crippen molar-refractivity contribution in [2.45, 2.75) is 20.1 Å². The van der Waals surface area contributed by atoms with E-state index in [1.54, 1.807) is 13.1 Å². The maximum Gasteiger partial charge on any atom is 0.219 e. The Balaban J connectivity index is 2.07. The van der Waals surface area contributed by atoms with Crippen molar-refractivity contribution in [2.75, 3.05) is 19.0 Å². The van der Waals surface area contributed by atoms with Crippen LogP contribution in [-0.4, -0.2) is 23.6 Å². The fraction of sp³-hybridized carbons (Fsp3) is 0.333. The van der Waals surface area contributed by atoms with Crippen LogP contribution in [-0.2, 0) is 18.0 Å². The summed E-state index contributed by atoms with van der Waals surface area (Å²) in [5.41, 5.74) is 0.985. The summed E-state index contributed by atoms with van der Waals surface area (Å²) in [7, 11) is 1.80. The van der Waals surface area contributed by atoms with Gasteiger partial charge in [0.15, 0.2) is 5.82 Å². The number of benzene rings is 1. The maximum absolute atomic E-state index is 5.95. The van der Waals surface area contributed by atoms with Gasteiger partial charge in [0.05, 0.1) is 0 Å². The van der Waals surface area contributed by atoms with Gasteiger partial charge in [-0.05, 0) is 24.6 Å². The highest BCUT2D eigenvalue weighted by atomic mass is 35.5. The second-order valence-electron chi connectivity index (χ2n) is 4.31. The molecule has 0 atom stereocenters. The van der Waals surface area contributed by atoms with Crippen LogP contribution in [0.2, 0.25) is 5.02 Å². The summed E-state index contributed by atoms with van der Waals surface area (Å²) in [6.45, 7) is 3.30. The van der Waals surface area contributed by atoms with Crippen molar-refractivity contribution in [3.8, 4) is 5.88 Å². The number of hydrogen-bond acceptors (Lipinski definition) is 5. The van der Waals surface area contributed by atoms with Crippen molar-refractivity contribution >= 4 is 17.4 Å². The molecular formula is C15H18ClN3O2.